The Morgan fingerprint density at radius 1 is 0.917 bits per heavy atom. The van der Waals surface area contributed by atoms with Gasteiger partial charge in [0.15, 0.2) is 0 Å². The maximum absolute atomic E-state index is 11.8. The van der Waals surface area contributed by atoms with Crippen molar-refractivity contribution in [2.45, 2.75) is 43.6 Å². The molecule has 126 valence electrons. The number of rotatable bonds is 5. The Morgan fingerprint density at radius 2 is 1.50 bits per heavy atom. The van der Waals surface area contributed by atoms with Crippen molar-refractivity contribution in [2.75, 3.05) is 0 Å². The minimum absolute atomic E-state index is 0.534. The summed E-state index contributed by atoms with van der Waals surface area (Å²) in [6.07, 6.45) is 3.86. The molecule has 0 bridgehead atoms. The van der Waals surface area contributed by atoms with Crippen LogP contribution < -0.4 is 4.74 Å². The Bertz CT molecular complexity index is 673. The molecule has 0 heterocycles. The summed E-state index contributed by atoms with van der Waals surface area (Å²) in [5.74, 6) is -0.504. The lowest BCUT2D eigenvalue weighted by molar-refractivity contribution is -0.147. The Morgan fingerprint density at radius 3 is 2.08 bits per heavy atom. The number of aliphatic hydroxyl groups is 1. The highest BCUT2D eigenvalue weighted by Crippen LogP contribution is 2.40. The number of para-hydroxylation sites is 1. The van der Waals surface area contributed by atoms with E-state index in [9.17, 15) is 15.0 Å². The summed E-state index contributed by atoms with van der Waals surface area (Å²) in [6.45, 7) is 0. The van der Waals surface area contributed by atoms with Gasteiger partial charge in [-0.15, -0.1) is 0 Å². The molecule has 0 aliphatic heterocycles. The summed E-state index contributed by atoms with van der Waals surface area (Å²) in [6, 6.07) is 16.4. The summed E-state index contributed by atoms with van der Waals surface area (Å²) in [5, 5.41) is 20.5. The Kier molecular flexibility index (Phi) is 4.86. The van der Waals surface area contributed by atoms with Crippen LogP contribution in [0, 0.1) is 0 Å². The number of aliphatic carboxylic acids is 1. The number of carboxylic acids is 1. The van der Waals surface area contributed by atoms with Crippen LogP contribution in [0.1, 0.15) is 43.6 Å². The summed E-state index contributed by atoms with van der Waals surface area (Å²) in [7, 11) is 0. The molecular weight excluding hydrogens is 304 g/mol. The lowest BCUT2D eigenvalue weighted by Gasteiger charge is -2.37. The summed E-state index contributed by atoms with van der Waals surface area (Å²) in [4.78, 5) is 11.8. The summed E-state index contributed by atoms with van der Waals surface area (Å²) >= 11 is 0. The van der Waals surface area contributed by atoms with Crippen molar-refractivity contribution < 1.29 is 19.7 Å². The third-order valence-electron chi connectivity index (χ3n) is 4.70. The minimum Gasteiger partial charge on any atom is -0.481 e. The van der Waals surface area contributed by atoms with Crippen molar-refractivity contribution in [1.82, 2.24) is 0 Å². The molecule has 4 nitrogen and oxygen atoms in total. The van der Waals surface area contributed by atoms with Gasteiger partial charge in [0.1, 0.15) is 17.4 Å². The van der Waals surface area contributed by atoms with Crippen LogP contribution in [0.4, 0.5) is 0 Å². The normalized spacial score (nSPS) is 17.9. The fourth-order valence-corrected chi connectivity index (χ4v) is 3.49. The first-order chi connectivity index (χ1) is 11.6. The van der Waals surface area contributed by atoms with Crippen molar-refractivity contribution in [1.29, 1.82) is 0 Å². The van der Waals surface area contributed by atoms with Crippen LogP contribution in [0.25, 0.3) is 0 Å². The average molecular weight is 326 g/mol. The van der Waals surface area contributed by atoms with Crippen LogP contribution in [-0.2, 0) is 4.79 Å². The van der Waals surface area contributed by atoms with Crippen LogP contribution >= 0.6 is 0 Å². The molecule has 0 unspecified atom stereocenters. The summed E-state index contributed by atoms with van der Waals surface area (Å²) in [5.41, 5.74) is -0.543. The van der Waals surface area contributed by atoms with E-state index >= 15 is 0 Å². The number of carboxylic acid groups (broad SMARTS) is 1. The van der Waals surface area contributed by atoms with Gasteiger partial charge in [-0.05, 0) is 42.7 Å². The predicted molar refractivity (Wildman–Crippen MR) is 91.4 cm³/mol. The summed E-state index contributed by atoms with van der Waals surface area (Å²) < 4.78 is 5.73. The quantitative estimate of drug-likeness (QED) is 0.857. The Labute approximate surface area is 141 Å². The van der Waals surface area contributed by atoms with Crippen molar-refractivity contribution in [3.8, 4) is 11.5 Å². The number of hydrogen-bond donors (Lipinski definition) is 2. The van der Waals surface area contributed by atoms with Crippen LogP contribution in [0.5, 0.6) is 11.5 Å². The molecule has 0 aromatic heterocycles. The molecule has 0 radical (unpaired) electrons. The smallest absolute Gasteiger partial charge is 0.313 e. The molecule has 2 aromatic rings. The van der Waals surface area contributed by atoms with Crippen molar-refractivity contribution >= 4 is 5.97 Å². The maximum atomic E-state index is 11.8. The number of hydrogen-bond acceptors (Lipinski definition) is 3. The van der Waals surface area contributed by atoms with E-state index in [1.54, 1.807) is 24.3 Å². The molecule has 1 aliphatic rings. The van der Waals surface area contributed by atoms with E-state index < -0.39 is 17.5 Å². The van der Waals surface area contributed by atoms with E-state index in [1.165, 1.54) is 0 Å². The van der Waals surface area contributed by atoms with Crippen molar-refractivity contribution in [2.24, 2.45) is 0 Å². The molecule has 4 heteroatoms. The molecule has 24 heavy (non-hydrogen) atoms. The van der Waals surface area contributed by atoms with Gasteiger partial charge < -0.3 is 14.9 Å². The second-order valence-electron chi connectivity index (χ2n) is 6.42. The van der Waals surface area contributed by atoms with Crippen LogP contribution in [-0.4, -0.2) is 21.8 Å². The van der Waals surface area contributed by atoms with E-state index in [0.717, 1.165) is 25.0 Å². The van der Waals surface area contributed by atoms with Crippen LogP contribution in [0.15, 0.2) is 54.6 Å². The topological polar surface area (TPSA) is 66.8 Å². The van der Waals surface area contributed by atoms with Crippen molar-refractivity contribution in [3.63, 3.8) is 0 Å². The molecule has 1 fully saturated rings. The second-order valence-corrected chi connectivity index (χ2v) is 6.42. The first-order valence-electron chi connectivity index (χ1n) is 8.36. The van der Waals surface area contributed by atoms with E-state index in [1.807, 2.05) is 30.3 Å². The highest BCUT2D eigenvalue weighted by Gasteiger charge is 2.43. The molecule has 1 aliphatic carbocycles. The molecule has 1 atom stereocenters. The van der Waals surface area contributed by atoms with E-state index in [2.05, 4.69) is 0 Å². The van der Waals surface area contributed by atoms with Gasteiger partial charge in [-0.2, -0.15) is 0 Å². The predicted octanol–water partition coefficient (Wildman–Crippen LogP) is 4.34. The van der Waals surface area contributed by atoms with Gasteiger partial charge >= 0.3 is 5.97 Å². The molecule has 1 saturated carbocycles. The Hall–Kier alpha value is -2.33. The zero-order valence-corrected chi connectivity index (χ0v) is 13.5. The largest absolute Gasteiger partial charge is 0.481 e. The first kappa shape index (κ1) is 16.5. The van der Waals surface area contributed by atoms with Gasteiger partial charge in [0.25, 0.3) is 0 Å². The van der Waals surface area contributed by atoms with Crippen molar-refractivity contribution in [3.05, 3.63) is 60.2 Å². The van der Waals surface area contributed by atoms with Gasteiger partial charge in [0.2, 0.25) is 0 Å². The van der Waals surface area contributed by atoms with Gasteiger partial charge in [-0.3, -0.25) is 4.79 Å². The van der Waals surface area contributed by atoms with E-state index in [4.69, 9.17) is 4.74 Å². The zero-order valence-electron chi connectivity index (χ0n) is 13.5. The first-order valence-corrected chi connectivity index (χ1v) is 8.36. The third kappa shape index (κ3) is 3.60. The fourth-order valence-electron chi connectivity index (χ4n) is 3.49. The average Bonchev–Trinajstić information content (AvgIpc) is 2.58. The maximum Gasteiger partial charge on any atom is 0.313 e. The van der Waals surface area contributed by atoms with Gasteiger partial charge in [-0.1, -0.05) is 49.6 Å². The Balaban J connectivity index is 1.80. The number of benzene rings is 2. The number of ether oxygens (including phenoxy) is 1. The monoisotopic (exact) mass is 326 g/mol. The molecule has 0 amide bonds. The molecule has 0 saturated heterocycles. The zero-order chi connectivity index (χ0) is 17.0. The van der Waals surface area contributed by atoms with E-state index in [0.29, 0.717) is 24.2 Å². The standard InChI is InChI=1S/C20H22O4/c21-19(22)18(20(23)13-5-2-6-14-20)15-9-11-17(12-10-15)24-16-7-3-1-4-8-16/h1,3-4,7-12,18,23H,2,5-6,13-14H2,(H,21,22)/t18-/m1/s1. The molecule has 2 aromatic carbocycles. The third-order valence-corrected chi connectivity index (χ3v) is 4.70. The van der Waals surface area contributed by atoms with Crippen LogP contribution in [0.3, 0.4) is 0 Å². The molecule has 2 N–H and O–H groups in total. The van der Waals surface area contributed by atoms with Gasteiger partial charge in [0, 0.05) is 0 Å². The highest BCUT2D eigenvalue weighted by atomic mass is 16.5. The van der Waals surface area contributed by atoms with Crippen LogP contribution in [0.2, 0.25) is 0 Å². The highest BCUT2D eigenvalue weighted by molar-refractivity contribution is 5.78. The molecule has 0 spiro atoms. The second kappa shape index (κ2) is 7.05. The van der Waals surface area contributed by atoms with E-state index in [-0.39, 0.29) is 0 Å². The minimum atomic E-state index is -1.16. The SMILES string of the molecule is O=C(O)[C@@H](c1ccc(Oc2ccccc2)cc1)C1(O)CCCCC1. The van der Waals surface area contributed by atoms with Gasteiger partial charge in [0.05, 0.1) is 5.60 Å². The van der Waals surface area contributed by atoms with Gasteiger partial charge in [-0.25, -0.2) is 0 Å². The lowest BCUT2D eigenvalue weighted by Crippen LogP contribution is -2.42. The number of carbonyl (C=O) groups is 1. The fraction of sp³-hybridized carbons (Fsp3) is 0.350. The lowest BCUT2D eigenvalue weighted by atomic mass is 9.73. The molecular formula is C20H22O4. The molecule has 3 rings (SSSR count).